The topological polar surface area (TPSA) is 57.1 Å². The molecule has 5 nitrogen and oxygen atoms in total. The van der Waals surface area contributed by atoms with Crippen molar-refractivity contribution in [1.82, 2.24) is 15.0 Å². The number of aromatic nitrogens is 3. The second kappa shape index (κ2) is 23.7. The van der Waals surface area contributed by atoms with E-state index in [0.29, 0.717) is 5.92 Å². The summed E-state index contributed by atoms with van der Waals surface area (Å²) in [5.41, 5.74) is 7.19. The molecule has 0 spiro atoms. The van der Waals surface area contributed by atoms with Crippen LogP contribution in [0.3, 0.4) is 0 Å². The van der Waals surface area contributed by atoms with E-state index < -0.39 is 0 Å². The van der Waals surface area contributed by atoms with E-state index in [2.05, 4.69) is 79.0 Å². The molecule has 1 unspecified atom stereocenters. The Hall–Kier alpha value is -4.64. The zero-order valence-corrected chi connectivity index (χ0v) is 32.5. The van der Waals surface area contributed by atoms with E-state index in [9.17, 15) is 0 Å². The van der Waals surface area contributed by atoms with Crippen molar-refractivity contribution in [3.8, 4) is 45.3 Å². The van der Waals surface area contributed by atoms with Crippen LogP contribution in [0.1, 0.15) is 71.3 Å². The van der Waals surface area contributed by atoms with Gasteiger partial charge in [0.25, 0.3) is 0 Å². The van der Waals surface area contributed by atoms with Crippen molar-refractivity contribution in [1.29, 1.82) is 0 Å². The number of hydrogen-bond donors (Lipinski definition) is 0. The quantitative estimate of drug-likeness (QED) is 0.0856. The van der Waals surface area contributed by atoms with Crippen molar-refractivity contribution >= 4 is 0 Å². The second-order valence-corrected chi connectivity index (χ2v) is 11.8. The second-order valence-electron chi connectivity index (χ2n) is 11.8. The smallest absolute Gasteiger partial charge is 0.513 e. The van der Waals surface area contributed by atoms with Crippen LogP contribution in [0.25, 0.3) is 33.8 Å². The first-order valence-corrected chi connectivity index (χ1v) is 17.7. The summed E-state index contributed by atoms with van der Waals surface area (Å²) in [6.07, 6.45) is 11.0. The summed E-state index contributed by atoms with van der Waals surface area (Å²) in [7, 11) is 0. The van der Waals surface area contributed by atoms with Gasteiger partial charge in [-0.25, -0.2) is 0 Å². The molecule has 0 fully saturated rings. The molecule has 6 rings (SSSR count). The Morgan fingerprint density at radius 1 is 0.569 bits per heavy atom. The zero-order chi connectivity index (χ0) is 35.2. The number of nitrogens with zero attached hydrogens (tertiary/aromatic N) is 3. The molecule has 0 saturated heterocycles. The van der Waals surface area contributed by atoms with E-state index >= 15 is 0 Å². The standard InChI is InChI=1S/2C15H16NO.C15H16N.Ir/c2*1-2-3-11-17-14-8-6-7-13(12-14)15-9-4-5-10-16-15;1-3-12(2)13-7-9-14(10-8-13)15-6-4-5-11-16-15;/h2*4-6,8-10,12H,2-3,11H2,1H3;4-9,11-12H,3H2,1-2H3;/q3*-1;+3. The summed E-state index contributed by atoms with van der Waals surface area (Å²) >= 11 is 0. The van der Waals surface area contributed by atoms with Gasteiger partial charge in [0, 0.05) is 30.1 Å². The van der Waals surface area contributed by atoms with E-state index in [1.54, 1.807) is 12.4 Å². The number of rotatable bonds is 13. The van der Waals surface area contributed by atoms with Gasteiger partial charge >= 0.3 is 20.1 Å². The van der Waals surface area contributed by atoms with Gasteiger partial charge < -0.3 is 24.4 Å². The first-order chi connectivity index (χ1) is 24.6. The van der Waals surface area contributed by atoms with Gasteiger partial charge in [-0.05, 0) is 48.1 Å². The van der Waals surface area contributed by atoms with Gasteiger partial charge in [0.2, 0.25) is 0 Å². The Morgan fingerprint density at radius 2 is 1.04 bits per heavy atom. The molecule has 0 aliphatic heterocycles. The molecule has 3 heterocycles. The van der Waals surface area contributed by atoms with Crippen LogP contribution in [-0.2, 0) is 20.1 Å². The third kappa shape index (κ3) is 14.2. The molecule has 3 aromatic carbocycles. The number of ether oxygens (including phenoxy) is 2. The van der Waals surface area contributed by atoms with Gasteiger partial charge in [0.15, 0.2) is 0 Å². The van der Waals surface area contributed by atoms with Crippen LogP contribution >= 0.6 is 0 Å². The molecule has 51 heavy (non-hydrogen) atoms. The predicted octanol–water partition coefficient (Wildman–Crippen LogP) is 11.5. The number of hydrogen-bond acceptors (Lipinski definition) is 5. The minimum Gasteiger partial charge on any atom is -0.513 e. The molecular weight excluding hydrogens is 807 g/mol. The summed E-state index contributed by atoms with van der Waals surface area (Å²) < 4.78 is 11.3. The third-order valence-electron chi connectivity index (χ3n) is 7.92. The van der Waals surface area contributed by atoms with Crippen LogP contribution < -0.4 is 9.47 Å². The van der Waals surface area contributed by atoms with Gasteiger partial charge in [-0.1, -0.05) is 89.3 Å². The van der Waals surface area contributed by atoms with Gasteiger partial charge in [-0.15, -0.1) is 95.1 Å². The van der Waals surface area contributed by atoms with Crippen molar-refractivity contribution in [3.05, 3.63) is 152 Å². The van der Waals surface area contributed by atoms with Crippen molar-refractivity contribution in [3.63, 3.8) is 0 Å². The minimum absolute atomic E-state index is 0. The SMILES string of the molecule is CCC(C)c1c[c-]c(-c2ccccn2)cc1.CCCCOc1cc[c-]c(-c2ccccn2)c1.CCCCOc1cc[c-]c(-c2ccccn2)c1.[Ir+3]. The van der Waals surface area contributed by atoms with E-state index in [0.717, 1.165) is 90.6 Å². The van der Waals surface area contributed by atoms with E-state index in [1.165, 1.54) is 5.56 Å². The fraction of sp³-hybridized carbons (Fsp3) is 0.267. The number of pyridine rings is 3. The maximum atomic E-state index is 5.66. The Labute approximate surface area is 318 Å². The summed E-state index contributed by atoms with van der Waals surface area (Å²) in [6, 6.07) is 45.2. The molecule has 0 bridgehead atoms. The Balaban J connectivity index is 0.000000205. The monoisotopic (exact) mass is 855 g/mol. The normalized spacial score (nSPS) is 10.7. The van der Waals surface area contributed by atoms with Crippen LogP contribution in [0.5, 0.6) is 11.5 Å². The number of benzene rings is 3. The minimum atomic E-state index is 0. The first kappa shape index (κ1) is 40.8. The molecular formula is C45H48IrN3O2. The van der Waals surface area contributed by atoms with Crippen LogP contribution in [0.2, 0.25) is 0 Å². The Kier molecular flexibility index (Phi) is 19.0. The van der Waals surface area contributed by atoms with Crippen LogP contribution in [0.4, 0.5) is 0 Å². The fourth-order valence-corrected chi connectivity index (χ4v) is 4.74. The van der Waals surface area contributed by atoms with E-state index in [1.807, 2.05) is 97.2 Å². The van der Waals surface area contributed by atoms with Gasteiger partial charge in [0.05, 0.1) is 13.2 Å². The van der Waals surface area contributed by atoms with E-state index in [-0.39, 0.29) is 20.1 Å². The van der Waals surface area contributed by atoms with E-state index in [4.69, 9.17) is 9.47 Å². The van der Waals surface area contributed by atoms with Crippen molar-refractivity contribution < 1.29 is 29.6 Å². The molecule has 264 valence electrons. The maximum Gasteiger partial charge on any atom is 3.00 e. The molecule has 0 amide bonds. The maximum absolute atomic E-state index is 5.66. The van der Waals surface area contributed by atoms with Gasteiger partial charge in [0.1, 0.15) is 0 Å². The Morgan fingerprint density at radius 3 is 1.41 bits per heavy atom. The van der Waals surface area contributed by atoms with Crippen LogP contribution in [0, 0.1) is 18.2 Å². The summed E-state index contributed by atoms with van der Waals surface area (Å²) in [6.45, 7) is 10.3. The summed E-state index contributed by atoms with van der Waals surface area (Å²) in [5.74, 6) is 2.38. The average molecular weight is 855 g/mol. The summed E-state index contributed by atoms with van der Waals surface area (Å²) in [5, 5.41) is 0. The molecule has 0 N–H and O–H groups in total. The Bertz CT molecular complexity index is 1680. The van der Waals surface area contributed by atoms with Crippen LogP contribution in [0.15, 0.2) is 128 Å². The molecule has 0 aliphatic carbocycles. The summed E-state index contributed by atoms with van der Waals surface area (Å²) in [4.78, 5) is 12.9. The number of unbranched alkanes of at least 4 members (excludes halogenated alkanes) is 2. The third-order valence-corrected chi connectivity index (χ3v) is 7.92. The average Bonchev–Trinajstić information content (AvgIpc) is 3.20. The van der Waals surface area contributed by atoms with Crippen molar-refractivity contribution in [2.24, 2.45) is 0 Å². The molecule has 6 heteroatoms. The molecule has 0 saturated carbocycles. The van der Waals surface area contributed by atoms with Gasteiger partial charge in [-0.2, -0.15) is 0 Å². The fourth-order valence-electron chi connectivity index (χ4n) is 4.74. The largest absolute Gasteiger partial charge is 3.00 e. The molecule has 3 aromatic heterocycles. The van der Waals surface area contributed by atoms with Gasteiger partial charge in [-0.3, -0.25) is 0 Å². The van der Waals surface area contributed by atoms with Crippen molar-refractivity contribution in [2.45, 2.75) is 65.7 Å². The molecule has 0 radical (unpaired) electrons. The molecule has 6 aromatic rings. The van der Waals surface area contributed by atoms with Crippen LogP contribution in [-0.4, -0.2) is 28.2 Å². The first-order valence-electron chi connectivity index (χ1n) is 17.7. The van der Waals surface area contributed by atoms with Crippen molar-refractivity contribution in [2.75, 3.05) is 13.2 Å². The molecule has 1 atom stereocenters. The predicted molar refractivity (Wildman–Crippen MR) is 205 cm³/mol. The molecule has 0 aliphatic rings. The zero-order valence-electron chi connectivity index (χ0n) is 30.1.